The number of thiophene rings is 1. The third-order valence-corrected chi connectivity index (χ3v) is 5.20. The van der Waals surface area contributed by atoms with Gasteiger partial charge < -0.3 is 10.2 Å². The van der Waals surface area contributed by atoms with Crippen LogP contribution in [-0.2, 0) is 4.79 Å². The molecule has 0 atom stereocenters. The van der Waals surface area contributed by atoms with Gasteiger partial charge in [0.2, 0.25) is 5.91 Å². The Morgan fingerprint density at radius 3 is 2.40 bits per heavy atom. The van der Waals surface area contributed by atoms with Crippen LogP contribution in [0.5, 0.6) is 0 Å². The lowest BCUT2D eigenvalue weighted by molar-refractivity contribution is -0.380. The Bertz CT molecular complexity index is 782. The fraction of sp³-hybridized carbons (Fsp3) is 0.294. The van der Waals surface area contributed by atoms with E-state index in [0.29, 0.717) is 30.8 Å². The number of anilines is 1. The molecule has 25 heavy (non-hydrogen) atoms. The van der Waals surface area contributed by atoms with Gasteiger partial charge >= 0.3 is 5.00 Å². The molecule has 0 aliphatic carbocycles. The van der Waals surface area contributed by atoms with Crippen LogP contribution < -0.4 is 5.32 Å². The van der Waals surface area contributed by atoms with Crippen LogP contribution in [0, 0.1) is 16.0 Å². The topological polar surface area (TPSA) is 92.6 Å². The molecule has 1 fully saturated rings. The number of hydrogen-bond acceptors (Lipinski definition) is 5. The Balaban J connectivity index is 1.55. The highest BCUT2D eigenvalue weighted by Crippen LogP contribution is 2.27. The summed E-state index contributed by atoms with van der Waals surface area (Å²) < 4.78 is 0. The number of hydrogen-bond donors (Lipinski definition) is 1. The van der Waals surface area contributed by atoms with Crippen molar-refractivity contribution in [3.8, 4) is 0 Å². The third-order valence-electron chi connectivity index (χ3n) is 4.18. The van der Waals surface area contributed by atoms with E-state index in [1.165, 1.54) is 12.1 Å². The zero-order valence-corrected chi connectivity index (χ0v) is 14.2. The summed E-state index contributed by atoms with van der Waals surface area (Å²) >= 11 is 0.882. The number of carbonyl (C=O) groups is 2. The first-order valence-corrected chi connectivity index (χ1v) is 8.75. The molecule has 1 N–H and O–H groups in total. The van der Waals surface area contributed by atoms with Crippen molar-refractivity contribution in [2.75, 3.05) is 18.4 Å². The molecule has 0 unspecified atom stereocenters. The van der Waals surface area contributed by atoms with Gasteiger partial charge in [-0.25, -0.2) is 0 Å². The normalized spacial score (nSPS) is 15.0. The van der Waals surface area contributed by atoms with Crippen LogP contribution in [0.25, 0.3) is 0 Å². The van der Waals surface area contributed by atoms with Crippen molar-refractivity contribution in [3.05, 3.63) is 57.5 Å². The highest BCUT2D eigenvalue weighted by atomic mass is 32.1. The number of nitrogens with one attached hydrogen (secondary N) is 1. The largest absolute Gasteiger partial charge is 0.338 e. The molecule has 1 saturated heterocycles. The van der Waals surface area contributed by atoms with Crippen molar-refractivity contribution in [3.63, 3.8) is 0 Å². The predicted molar refractivity (Wildman–Crippen MR) is 94.7 cm³/mol. The summed E-state index contributed by atoms with van der Waals surface area (Å²) in [6, 6.07) is 12.1. The Kier molecular flexibility index (Phi) is 5.08. The third kappa shape index (κ3) is 4.03. The Morgan fingerprint density at radius 1 is 1.12 bits per heavy atom. The van der Waals surface area contributed by atoms with Crippen molar-refractivity contribution >= 4 is 33.8 Å². The van der Waals surface area contributed by atoms with Gasteiger partial charge in [0.15, 0.2) is 0 Å². The van der Waals surface area contributed by atoms with E-state index < -0.39 is 4.92 Å². The fourth-order valence-electron chi connectivity index (χ4n) is 2.81. The number of nitro groups is 1. The lowest BCUT2D eigenvalue weighted by Crippen LogP contribution is -2.41. The van der Waals surface area contributed by atoms with Crippen LogP contribution in [0.4, 0.5) is 10.7 Å². The smallest absolute Gasteiger partial charge is 0.324 e. The second kappa shape index (κ2) is 7.43. The summed E-state index contributed by atoms with van der Waals surface area (Å²) in [5.41, 5.74) is 0.761. The maximum absolute atomic E-state index is 12.4. The number of piperidine rings is 1. The average Bonchev–Trinajstić information content (AvgIpc) is 3.12. The molecular weight excluding hydrogens is 342 g/mol. The van der Waals surface area contributed by atoms with E-state index in [-0.39, 0.29) is 22.7 Å². The molecule has 0 radical (unpaired) electrons. The van der Waals surface area contributed by atoms with Gasteiger partial charge in [-0.2, -0.15) is 0 Å². The van der Waals surface area contributed by atoms with E-state index in [2.05, 4.69) is 5.32 Å². The molecule has 1 aromatic carbocycles. The van der Waals surface area contributed by atoms with Crippen LogP contribution >= 0.6 is 11.3 Å². The molecule has 1 aliphatic heterocycles. The van der Waals surface area contributed by atoms with Crippen LogP contribution in [0.15, 0.2) is 42.5 Å². The minimum absolute atomic E-state index is 0.0370. The molecule has 0 saturated carbocycles. The highest BCUT2D eigenvalue weighted by Gasteiger charge is 2.29. The monoisotopic (exact) mass is 359 g/mol. The van der Waals surface area contributed by atoms with E-state index in [0.717, 1.165) is 17.0 Å². The van der Waals surface area contributed by atoms with Crippen molar-refractivity contribution in [2.45, 2.75) is 12.8 Å². The number of benzene rings is 1. The lowest BCUT2D eigenvalue weighted by Gasteiger charge is -2.31. The minimum Gasteiger partial charge on any atom is -0.338 e. The maximum atomic E-state index is 12.4. The number of para-hydroxylation sites is 1. The van der Waals surface area contributed by atoms with Crippen molar-refractivity contribution < 1.29 is 14.5 Å². The van der Waals surface area contributed by atoms with Gasteiger partial charge in [-0.05, 0) is 31.0 Å². The number of nitrogens with zero attached hydrogens (tertiary/aromatic N) is 2. The van der Waals surface area contributed by atoms with Gasteiger partial charge in [0.1, 0.15) is 0 Å². The molecule has 7 nitrogen and oxygen atoms in total. The lowest BCUT2D eigenvalue weighted by atomic mass is 9.95. The molecule has 2 aromatic rings. The van der Waals surface area contributed by atoms with Gasteiger partial charge in [0.05, 0.1) is 9.80 Å². The van der Waals surface area contributed by atoms with Crippen molar-refractivity contribution in [1.82, 2.24) is 4.90 Å². The fourth-order valence-corrected chi connectivity index (χ4v) is 3.60. The molecule has 8 heteroatoms. The number of carbonyl (C=O) groups excluding carboxylic acids is 2. The molecule has 0 spiro atoms. The van der Waals surface area contributed by atoms with Gasteiger partial charge in [-0.1, -0.05) is 29.5 Å². The summed E-state index contributed by atoms with van der Waals surface area (Å²) in [6.07, 6.45) is 1.16. The second-order valence-electron chi connectivity index (χ2n) is 5.82. The van der Waals surface area contributed by atoms with Crippen LogP contribution in [0.3, 0.4) is 0 Å². The number of rotatable bonds is 4. The van der Waals surface area contributed by atoms with E-state index in [9.17, 15) is 19.7 Å². The molecule has 0 bridgehead atoms. The van der Waals surface area contributed by atoms with Crippen molar-refractivity contribution in [1.29, 1.82) is 0 Å². The summed E-state index contributed by atoms with van der Waals surface area (Å²) in [6.45, 7) is 0.939. The average molecular weight is 359 g/mol. The van der Waals surface area contributed by atoms with E-state index in [4.69, 9.17) is 0 Å². The van der Waals surface area contributed by atoms with Gasteiger partial charge in [0, 0.05) is 30.8 Å². The molecular formula is C17H17N3O4S. The van der Waals surface area contributed by atoms with Gasteiger partial charge in [-0.15, -0.1) is 0 Å². The molecule has 1 aliphatic rings. The summed E-state index contributed by atoms with van der Waals surface area (Å²) in [4.78, 5) is 37.0. The maximum Gasteiger partial charge on any atom is 0.324 e. The quantitative estimate of drug-likeness (QED) is 0.670. The zero-order chi connectivity index (χ0) is 17.8. The SMILES string of the molecule is O=C(Nc1ccccc1)C1CCN(C(=O)c2ccc([N+](=O)[O-])s2)CC1. The first-order valence-electron chi connectivity index (χ1n) is 7.94. The Labute approximate surface area is 148 Å². The summed E-state index contributed by atoms with van der Waals surface area (Å²) in [5.74, 6) is -0.382. The molecule has 130 valence electrons. The van der Waals surface area contributed by atoms with Gasteiger partial charge in [0.25, 0.3) is 5.91 Å². The standard InChI is InChI=1S/C17H17N3O4S/c21-16(18-13-4-2-1-3-5-13)12-8-10-19(11-9-12)17(22)14-6-7-15(25-14)20(23)24/h1-7,12H,8-11H2,(H,18,21). The second-order valence-corrected chi connectivity index (χ2v) is 6.88. The Hall–Kier alpha value is -2.74. The Morgan fingerprint density at radius 2 is 1.80 bits per heavy atom. The minimum atomic E-state index is -0.498. The van der Waals surface area contributed by atoms with Crippen molar-refractivity contribution in [2.24, 2.45) is 5.92 Å². The first kappa shape index (κ1) is 17.1. The van der Waals surface area contributed by atoms with Crippen LogP contribution in [0.1, 0.15) is 22.5 Å². The molecule has 2 amide bonds. The molecule has 3 rings (SSSR count). The van der Waals surface area contributed by atoms with Gasteiger partial charge in [-0.3, -0.25) is 19.7 Å². The van der Waals surface area contributed by atoms with E-state index >= 15 is 0 Å². The number of likely N-dealkylation sites (tertiary alicyclic amines) is 1. The zero-order valence-electron chi connectivity index (χ0n) is 13.4. The molecule has 2 heterocycles. The van der Waals surface area contributed by atoms with E-state index in [1.807, 2.05) is 30.3 Å². The van der Waals surface area contributed by atoms with Crippen LogP contribution in [-0.4, -0.2) is 34.7 Å². The highest BCUT2D eigenvalue weighted by molar-refractivity contribution is 7.17. The van der Waals surface area contributed by atoms with Crippen LogP contribution in [0.2, 0.25) is 0 Å². The van der Waals surface area contributed by atoms with E-state index in [1.54, 1.807) is 4.90 Å². The summed E-state index contributed by atoms with van der Waals surface area (Å²) in [5, 5.41) is 13.6. The number of amides is 2. The molecule has 1 aromatic heterocycles. The first-order chi connectivity index (χ1) is 12.0. The predicted octanol–water partition coefficient (Wildman–Crippen LogP) is 3.15. The summed E-state index contributed by atoms with van der Waals surface area (Å²) in [7, 11) is 0.